The summed E-state index contributed by atoms with van der Waals surface area (Å²) in [5.74, 6) is 3.20. The molecule has 0 aromatic heterocycles. The molecule has 3 atom stereocenters. The highest BCUT2D eigenvalue weighted by atomic mass is 79.9. The number of carbonyl (C=O) groups excluding carboxylic acids is 1. The van der Waals surface area contributed by atoms with Crippen LogP contribution in [0.3, 0.4) is 0 Å². The van der Waals surface area contributed by atoms with E-state index in [1.165, 1.54) is 38.5 Å². The zero-order chi connectivity index (χ0) is 12.7. The van der Waals surface area contributed by atoms with Crippen molar-refractivity contribution in [2.75, 3.05) is 13.1 Å². The molecular formula is C15H24BrNO. The van der Waals surface area contributed by atoms with E-state index in [0.29, 0.717) is 16.7 Å². The van der Waals surface area contributed by atoms with E-state index in [0.717, 1.165) is 30.8 Å². The summed E-state index contributed by atoms with van der Waals surface area (Å²) >= 11 is 3.68. The van der Waals surface area contributed by atoms with E-state index in [1.807, 2.05) is 0 Å². The molecule has 3 aliphatic rings. The second-order valence-electron chi connectivity index (χ2n) is 6.48. The number of amides is 1. The largest absolute Gasteiger partial charge is 0.342 e. The predicted molar refractivity (Wildman–Crippen MR) is 76.6 cm³/mol. The van der Waals surface area contributed by atoms with E-state index in [4.69, 9.17) is 0 Å². The van der Waals surface area contributed by atoms with Gasteiger partial charge < -0.3 is 4.90 Å². The number of rotatable bonds is 2. The Morgan fingerprint density at radius 3 is 2.17 bits per heavy atom. The Morgan fingerprint density at radius 1 is 1.11 bits per heavy atom. The summed E-state index contributed by atoms with van der Waals surface area (Å²) in [6.07, 6.45) is 7.70. The van der Waals surface area contributed by atoms with Crippen LogP contribution in [-0.2, 0) is 4.79 Å². The second-order valence-corrected chi connectivity index (χ2v) is 7.92. The summed E-state index contributed by atoms with van der Waals surface area (Å²) in [7, 11) is 0. The molecule has 3 unspecified atom stereocenters. The number of fused-ring (bicyclic) bond motifs is 1. The molecule has 2 aliphatic carbocycles. The van der Waals surface area contributed by atoms with Crippen LogP contribution in [0.4, 0.5) is 0 Å². The van der Waals surface area contributed by atoms with Gasteiger partial charge in [0, 0.05) is 23.8 Å². The van der Waals surface area contributed by atoms with Crippen molar-refractivity contribution in [1.29, 1.82) is 0 Å². The van der Waals surface area contributed by atoms with Gasteiger partial charge in [-0.15, -0.1) is 0 Å². The number of halogens is 1. The molecule has 102 valence electrons. The Hall–Kier alpha value is -0.0500. The van der Waals surface area contributed by atoms with Gasteiger partial charge >= 0.3 is 0 Å². The summed E-state index contributed by atoms with van der Waals surface area (Å²) in [6, 6.07) is 0. The number of carbonyl (C=O) groups is 1. The third-order valence-electron chi connectivity index (χ3n) is 5.44. The fourth-order valence-electron chi connectivity index (χ4n) is 4.15. The topological polar surface area (TPSA) is 20.3 Å². The van der Waals surface area contributed by atoms with Crippen molar-refractivity contribution in [3.8, 4) is 0 Å². The van der Waals surface area contributed by atoms with Crippen LogP contribution in [0.2, 0.25) is 0 Å². The van der Waals surface area contributed by atoms with Crippen LogP contribution in [-0.4, -0.2) is 28.7 Å². The number of nitrogens with zero attached hydrogens (tertiary/aromatic N) is 1. The quantitative estimate of drug-likeness (QED) is 0.715. The van der Waals surface area contributed by atoms with Gasteiger partial charge in [-0.25, -0.2) is 0 Å². The molecule has 3 heteroatoms. The van der Waals surface area contributed by atoms with E-state index in [9.17, 15) is 4.79 Å². The summed E-state index contributed by atoms with van der Waals surface area (Å²) in [5, 5.41) is 0. The van der Waals surface area contributed by atoms with E-state index in [2.05, 4.69) is 27.8 Å². The smallest absolute Gasteiger partial charge is 0.226 e. The van der Waals surface area contributed by atoms with Crippen molar-refractivity contribution in [2.45, 2.75) is 50.3 Å². The van der Waals surface area contributed by atoms with Crippen molar-refractivity contribution in [3.05, 3.63) is 0 Å². The number of piperidine rings is 1. The van der Waals surface area contributed by atoms with Crippen molar-refractivity contribution in [1.82, 2.24) is 4.90 Å². The van der Waals surface area contributed by atoms with Gasteiger partial charge in [-0.2, -0.15) is 0 Å². The minimum Gasteiger partial charge on any atom is -0.342 e. The molecule has 0 radical (unpaired) electrons. The Labute approximate surface area is 119 Å². The SMILES string of the molecule is CC(Br)C1CCN(C(=O)C2C3CCCCC32)CC1. The molecular weight excluding hydrogens is 290 g/mol. The first-order valence-corrected chi connectivity index (χ1v) is 8.53. The van der Waals surface area contributed by atoms with Gasteiger partial charge in [0.05, 0.1) is 0 Å². The third-order valence-corrected chi connectivity index (χ3v) is 6.19. The first kappa shape index (κ1) is 13.0. The highest BCUT2D eigenvalue weighted by Gasteiger charge is 2.55. The summed E-state index contributed by atoms with van der Waals surface area (Å²) in [6.45, 7) is 4.22. The van der Waals surface area contributed by atoms with Crippen LogP contribution >= 0.6 is 15.9 Å². The molecule has 0 spiro atoms. The van der Waals surface area contributed by atoms with Gasteiger partial charge in [0.1, 0.15) is 0 Å². The summed E-state index contributed by atoms with van der Waals surface area (Å²) < 4.78 is 0. The zero-order valence-corrected chi connectivity index (χ0v) is 12.9. The molecule has 1 heterocycles. The molecule has 0 aromatic rings. The van der Waals surface area contributed by atoms with Crippen LogP contribution in [0, 0.1) is 23.7 Å². The lowest BCUT2D eigenvalue weighted by Crippen LogP contribution is -2.41. The Morgan fingerprint density at radius 2 is 1.67 bits per heavy atom. The van der Waals surface area contributed by atoms with Crippen LogP contribution in [0.5, 0.6) is 0 Å². The van der Waals surface area contributed by atoms with E-state index < -0.39 is 0 Å². The maximum atomic E-state index is 12.5. The highest BCUT2D eigenvalue weighted by molar-refractivity contribution is 9.09. The Kier molecular flexibility index (Phi) is 3.70. The Bertz CT molecular complexity index is 310. The van der Waals surface area contributed by atoms with Crippen LogP contribution in [0.1, 0.15) is 45.4 Å². The fraction of sp³-hybridized carbons (Fsp3) is 0.933. The monoisotopic (exact) mass is 313 g/mol. The van der Waals surface area contributed by atoms with Gasteiger partial charge in [-0.1, -0.05) is 35.7 Å². The first-order chi connectivity index (χ1) is 8.68. The van der Waals surface area contributed by atoms with Gasteiger partial charge in [0.2, 0.25) is 5.91 Å². The van der Waals surface area contributed by atoms with Crippen LogP contribution < -0.4 is 0 Å². The standard InChI is InChI=1S/C15H24BrNO/c1-10(16)11-6-8-17(9-7-11)15(18)14-12-4-2-3-5-13(12)14/h10-14H,2-9H2,1H3. The molecule has 0 N–H and O–H groups in total. The van der Waals surface area contributed by atoms with E-state index in [-0.39, 0.29) is 0 Å². The van der Waals surface area contributed by atoms with Crippen LogP contribution in [0.15, 0.2) is 0 Å². The van der Waals surface area contributed by atoms with Crippen LogP contribution in [0.25, 0.3) is 0 Å². The summed E-state index contributed by atoms with van der Waals surface area (Å²) in [4.78, 5) is 15.3. The zero-order valence-electron chi connectivity index (χ0n) is 11.3. The number of likely N-dealkylation sites (tertiary alicyclic amines) is 1. The normalized spacial score (nSPS) is 38.1. The van der Waals surface area contributed by atoms with Crippen molar-refractivity contribution < 1.29 is 4.79 Å². The molecule has 2 nitrogen and oxygen atoms in total. The second kappa shape index (κ2) is 5.15. The molecule has 18 heavy (non-hydrogen) atoms. The number of hydrogen-bond donors (Lipinski definition) is 0. The molecule has 1 amide bonds. The van der Waals surface area contributed by atoms with Crippen molar-refractivity contribution in [3.63, 3.8) is 0 Å². The molecule has 3 fully saturated rings. The Balaban J connectivity index is 1.52. The third kappa shape index (κ3) is 2.35. The highest BCUT2D eigenvalue weighted by Crippen LogP contribution is 2.56. The van der Waals surface area contributed by atoms with Gasteiger partial charge in [0.15, 0.2) is 0 Å². The fourth-order valence-corrected chi connectivity index (χ4v) is 4.68. The van der Waals surface area contributed by atoms with E-state index in [1.54, 1.807) is 0 Å². The van der Waals surface area contributed by atoms with E-state index >= 15 is 0 Å². The minimum atomic E-state index is 0.422. The maximum absolute atomic E-state index is 12.5. The van der Waals surface area contributed by atoms with Crippen molar-refractivity contribution in [2.24, 2.45) is 23.7 Å². The average Bonchev–Trinajstić information content (AvgIpc) is 3.12. The minimum absolute atomic E-state index is 0.422. The molecule has 0 aromatic carbocycles. The van der Waals surface area contributed by atoms with Gasteiger partial charge in [-0.05, 0) is 43.4 Å². The lowest BCUT2D eigenvalue weighted by Gasteiger charge is -2.33. The summed E-state index contributed by atoms with van der Waals surface area (Å²) in [5.41, 5.74) is 0. The lowest BCUT2D eigenvalue weighted by molar-refractivity contribution is -0.134. The molecule has 2 saturated carbocycles. The maximum Gasteiger partial charge on any atom is 0.226 e. The molecule has 3 rings (SSSR count). The number of hydrogen-bond acceptors (Lipinski definition) is 1. The average molecular weight is 314 g/mol. The number of alkyl halides is 1. The first-order valence-electron chi connectivity index (χ1n) is 7.61. The molecule has 0 bridgehead atoms. The van der Waals surface area contributed by atoms with Gasteiger partial charge in [-0.3, -0.25) is 4.79 Å². The van der Waals surface area contributed by atoms with Crippen molar-refractivity contribution >= 4 is 21.8 Å². The molecule has 1 saturated heterocycles. The lowest BCUT2D eigenvalue weighted by atomic mass is 9.94. The predicted octanol–water partition coefficient (Wildman–Crippen LogP) is 3.44. The molecule has 1 aliphatic heterocycles. The van der Waals surface area contributed by atoms with Gasteiger partial charge in [0.25, 0.3) is 0 Å².